The van der Waals surface area contributed by atoms with Gasteiger partial charge in [0, 0.05) is 0 Å². The van der Waals surface area contributed by atoms with Gasteiger partial charge in [0.25, 0.3) is 5.91 Å². The minimum absolute atomic E-state index is 0.0500. The van der Waals surface area contributed by atoms with Crippen molar-refractivity contribution in [1.82, 2.24) is 4.98 Å². The van der Waals surface area contributed by atoms with Crippen LogP contribution in [-0.2, 0) is 4.79 Å². The number of aryl methyl sites for hydroxylation is 1. The highest BCUT2D eigenvalue weighted by Crippen LogP contribution is 2.23. The lowest BCUT2D eigenvalue weighted by molar-refractivity contribution is -0.118. The molecule has 0 unspecified atom stereocenters. The minimum atomic E-state index is -0.314. The van der Waals surface area contributed by atoms with E-state index >= 15 is 0 Å². The van der Waals surface area contributed by atoms with Crippen LogP contribution in [0.25, 0.3) is 0 Å². The molecule has 0 saturated heterocycles. The van der Waals surface area contributed by atoms with Crippen LogP contribution in [0, 0.1) is 6.92 Å². The summed E-state index contributed by atoms with van der Waals surface area (Å²) in [5.41, 5.74) is 0.615. The zero-order chi connectivity index (χ0) is 15.2. The number of anilines is 1. The molecule has 0 spiro atoms. The van der Waals surface area contributed by atoms with Gasteiger partial charge in [-0.2, -0.15) is 0 Å². The first-order valence-electron chi connectivity index (χ1n) is 6.14. The van der Waals surface area contributed by atoms with Gasteiger partial charge in [-0.05, 0) is 19.1 Å². The van der Waals surface area contributed by atoms with E-state index in [-0.39, 0.29) is 23.6 Å². The Bertz CT molecular complexity index is 643. The maximum atomic E-state index is 11.8. The molecule has 0 fully saturated rings. The van der Waals surface area contributed by atoms with Gasteiger partial charge >= 0.3 is 0 Å². The smallest absolute Gasteiger partial charge is 0.264 e. The van der Waals surface area contributed by atoms with Gasteiger partial charge in [-0.15, -0.1) is 0 Å². The molecular weight excluding hydrogens is 356 g/mol. The van der Waals surface area contributed by atoms with Crippen molar-refractivity contribution >= 4 is 44.1 Å². The maximum absolute atomic E-state index is 11.8. The maximum Gasteiger partial charge on any atom is 0.264 e. The van der Waals surface area contributed by atoms with Crippen LogP contribution in [0.5, 0.6) is 5.75 Å². The zero-order valence-electron chi connectivity index (χ0n) is 11.3. The molecule has 0 aliphatic heterocycles. The van der Waals surface area contributed by atoms with Crippen molar-refractivity contribution in [1.29, 1.82) is 0 Å². The summed E-state index contributed by atoms with van der Waals surface area (Å²) in [7, 11) is 0. The van der Waals surface area contributed by atoms with Gasteiger partial charge < -0.3 is 4.74 Å². The second-order valence-corrected chi connectivity index (χ2v) is 5.70. The van der Waals surface area contributed by atoms with Gasteiger partial charge in [0.05, 0.1) is 15.9 Å². The standard InChI is InChI=1S/C14H13BrN2O3S/c1-9-13(11(18)7-15)21-14(16-9)17-12(19)8-20-10-5-3-2-4-6-10/h2-6H,7-8H2,1H3,(H,16,17,19). The van der Waals surface area contributed by atoms with E-state index in [9.17, 15) is 9.59 Å². The van der Waals surface area contributed by atoms with Crippen LogP contribution in [0.15, 0.2) is 30.3 Å². The van der Waals surface area contributed by atoms with E-state index in [1.54, 1.807) is 19.1 Å². The number of nitrogens with one attached hydrogen (secondary N) is 1. The molecular formula is C14H13BrN2O3S. The number of carbonyl (C=O) groups is 2. The summed E-state index contributed by atoms with van der Waals surface area (Å²) in [6.45, 7) is 1.63. The monoisotopic (exact) mass is 368 g/mol. The number of halogens is 1. The first-order valence-corrected chi connectivity index (χ1v) is 8.08. The summed E-state index contributed by atoms with van der Waals surface area (Å²) < 4.78 is 5.34. The fourth-order valence-electron chi connectivity index (χ4n) is 1.59. The van der Waals surface area contributed by atoms with E-state index in [2.05, 4.69) is 26.2 Å². The predicted octanol–water partition coefficient (Wildman–Crippen LogP) is 3.05. The number of aromatic nitrogens is 1. The molecule has 0 atom stereocenters. The largest absolute Gasteiger partial charge is 0.484 e. The first kappa shape index (κ1) is 15.7. The van der Waals surface area contributed by atoms with Gasteiger partial charge in [0.2, 0.25) is 0 Å². The quantitative estimate of drug-likeness (QED) is 0.628. The van der Waals surface area contributed by atoms with Crippen LogP contribution in [0.2, 0.25) is 0 Å². The molecule has 0 aliphatic carbocycles. The van der Waals surface area contributed by atoms with E-state index in [0.717, 1.165) is 11.3 Å². The number of amides is 1. The summed E-state index contributed by atoms with van der Waals surface area (Å²) in [4.78, 5) is 28.1. The molecule has 1 aromatic carbocycles. The molecule has 1 aromatic heterocycles. The number of carbonyl (C=O) groups excluding carboxylic acids is 2. The van der Waals surface area contributed by atoms with Gasteiger partial charge in [-0.3, -0.25) is 14.9 Å². The highest BCUT2D eigenvalue weighted by molar-refractivity contribution is 9.09. The van der Waals surface area contributed by atoms with Crippen molar-refractivity contribution in [3.63, 3.8) is 0 Å². The summed E-state index contributed by atoms with van der Waals surface area (Å²) in [6, 6.07) is 9.07. The predicted molar refractivity (Wildman–Crippen MR) is 85.5 cm³/mol. The second kappa shape index (κ2) is 7.33. The summed E-state index contributed by atoms with van der Waals surface area (Å²) in [6.07, 6.45) is 0. The zero-order valence-corrected chi connectivity index (χ0v) is 13.7. The number of hydrogen-bond acceptors (Lipinski definition) is 5. The van der Waals surface area contributed by atoms with Crippen molar-refractivity contribution in [3.05, 3.63) is 40.9 Å². The average molecular weight is 369 g/mol. The van der Waals surface area contributed by atoms with Crippen molar-refractivity contribution in [2.45, 2.75) is 6.92 Å². The van der Waals surface area contributed by atoms with E-state index in [1.807, 2.05) is 18.2 Å². The van der Waals surface area contributed by atoms with E-state index < -0.39 is 0 Å². The molecule has 21 heavy (non-hydrogen) atoms. The van der Waals surface area contributed by atoms with Crippen LogP contribution < -0.4 is 10.1 Å². The van der Waals surface area contributed by atoms with Crippen molar-refractivity contribution < 1.29 is 14.3 Å². The topological polar surface area (TPSA) is 68.3 Å². The lowest BCUT2D eigenvalue weighted by Crippen LogP contribution is -2.20. The van der Waals surface area contributed by atoms with Crippen LogP contribution >= 0.6 is 27.3 Å². The fraction of sp³-hybridized carbons (Fsp3) is 0.214. The number of benzene rings is 1. The molecule has 1 amide bonds. The number of Topliss-reactive ketones (excluding diaryl/α,β-unsaturated/α-hetero) is 1. The number of thiazole rings is 1. The normalized spacial score (nSPS) is 10.2. The molecule has 0 saturated carbocycles. The van der Waals surface area contributed by atoms with Crippen LogP contribution in [0.4, 0.5) is 5.13 Å². The Morgan fingerprint density at radius 1 is 1.33 bits per heavy atom. The molecule has 0 radical (unpaired) electrons. The Kier molecular flexibility index (Phi) is 5.46. The number of ether oxygens (including phenoxy) is 1. The average Bonchev–Trinajstić information content (AvgIpc) is 2.86. The Hall–Kier alpha value is -1.73. The third-order valence-electron chi connectivity index (χ3n) is 2.53. The molecule has 2 rings (SSSR count). The number of hydrogen-bond donors (Lipinski definition) is 1. The van der Waals surface area contributed by atoms with Crippen molar-refractivity contribution in [3.8, 4) is 5.75 Å². The van der Waals surface area contributed by atoms with Gasteiger partial charge in [-0.25, -0.2) is 4.98 Å². The molecule has 1 N–H and O–H groups in total. The number of alkyl halides is 1. The highest BCUT2D eigenvalue weighted by atomic mass is 79.9. The van der Waals surface area contributed by atoms with Gasteiger partial charge in [0.15, 0.2) is 17.5 Å². The Labute approximate surface area is 134 Å². The Morgan fingerprint density at radius 2 is 2.05 bits per heavy atom. The third kappa shape index (κ3) is 4.37. The first-order chi connectivity index (χ1) is 10.1. The molecule has 5 nitrogen and oxygen atoms in total. The number of nitrogens with zero attached hydrogens (tertiary/aromatic N) is 1. The molecule has 0 bridgehead atoms. The summed E-state index contributed by atoms with van der Waals surface area (Å²) >= 11 is 4.28. The number of para-hydroxylation sites is 1. The van der Waals surface area contributed by atoms with E-state index in [4.69, 9.17) is 4.74 Å². The Balaban J connectivity index is 1.92. The molecule has 7 heteroatoms. The molecule has 0 aliphatic rings. The van der Waals surface area contributed by atoms with Crippen LogP contribution in [0.1, 0.15) is 15.4 Å². The summed E-state index contributed by atoms with van der Waals surface area (Å²) in [5, 5.41) is 3.27. The molecule has 2 aromatic rings. The molecule has 1 heterocycles. The lowest BCUT2D eigenvalue weighted by atomic mass is 10.3. The second-order valence-electron chi connectivity index (χ2n) is 4.14. The molecule has 110 valence electrons. The third-order valence-corrected chi connectivity index (χ3v) is 4.15. The highest BCUT2D eigenvalue weighted by Gasteiger charge is 2.15. The minimum Gasteiger partial charge on any atom is -0.484 e. The fourth-order valence-corrected chi connectivity index (χ4v) is 2.98. The van der Waals surface area contributed by atoms with Gasteiger partial charge in [0.1, 0.15) is 5.75 Å². The number of rotatable bonds is 6. The Morgan fingerprint density at radius 3 is 2.71 bits per heavy atom. The van der Waals surface area contributed by atoms with Crippen molar-refractivity contribution in [2.75, 3.05) is 17.3 Å². The van der Waals surface area contributed by atoms with E-state index in [0.29, 0.717) is 21.5 Å². The van der Waals surface area contributed by atoms with E-state index in [1.165, 1.54) is 0 Å². The summed E-state index contributed by atoms with van der Waals surface area (Å²) in [5.74, 6) is 0.259. The van der Waals surface area contributed by atoms with Gasteiger partial charge in [-0.1, -0.05) is 45.5 Å². The van der Waals surface area contributed by atoms with Crippen LogP contribution in [0.3, 0.4) is 0 Å². The van der Waals surface area contributed by atoms with Crippen molar-refractivity contribution in [2.24, 2.45) is 0 Å². The lowest BCUT2D eigenvalue weighted by Gasteiger charge is -2.05. The number of ketones is 1. The van der Waals surface area contributed by atoms with Crippen LogP contribution in [-0.4, -0.2) is 28.6 Å². The SMILES string of the molecule is Cc1nc(NC(=O)COc2ccccc2)sc1C(=O)CBr.